The molecule has 0 spiro atoms. The number of rotatable bonds is 0. The van der Waals surface area contributed by atoms with Gasteiger partial charge in [-0.2, -0.15) is 0 Å². The van der Waals surface area contributed by atoms with Crippen molar-refractivity contribution >= 4 is 0 Å². The average Bonchev–Trinajstić information content (AvgIpc) is 2.94. The second-order valence-electron chi connectivity index (χ2n) is 4.05. The van der Waals surface area contributed by atoms with E-state index in [0.29, 0.717) is 11.8 Å². The van der Waals surface area contributed by atoms with Gasteiger partial charge in [-0.1, -0.05) is 18.1 Å². The van der Waals surface area contributed by atoms with Gasteiger partial charge in [0.05, 0.1) is 0 Å². The van der Waals surface area contributed by atoms with Crippen molar-refractivity contribution in [3.05, 3.63) is 12.2 Å². The summed E-state index contributed by atoms with van der Waals surface area (Å²) in [5.74, 6) is 25.5. The van der Waals surface area contributed by atoms with Gasteiger partial charge in [-0.3, -0.25) is 0 Å². The van der Waals surface area contributed by atoms with Crippen molar-refractivity contribution in [3.8, 4) is 59.7 Å². The molecule has 2 aliphatic carbocycles. The Labute approximate surface area is 103 Å². The van der Waals surface area contributed by atoms with Crippen molar-refractivity contribution < 1.29 is 0 Å². The van der Waals surface area contributed by atoms with Gasteiger partial charge < -0.3 is 0 Å². The molecule has 3 atom stereocenters. The van der Waals surface area contributed by atoms with Crippen LogP contribution in [0, 0.1) is 77.5 Å². The quantitative estimate of drug-likeness (QED) is 0.426. The fourth-order valence-corrected chi connectivity index (χ4v) is 2.27. The summed E-state index contributed by atoms with van der Waals surface area (Å²) < 4.78 is 0. The van der Waals surface area contributed by atoms with Crippen LogP contribution < -0.4 is 0 Å². The van der Waals surface area contributed by atoms with E-state index in [1.165, 1.54) is 12.8 Å². The smallest absolute Gasteiger partial charge is 0.0281 e. The first-order valence-electron chi connectivity index (χ1n) is 5.54. The maximum absolute atomic E-state index is 4.94. The molecule has 0 aromatic heterocycles. The fourth-order valence-electron chi connectivity index (χ4n) is 2.27. The summed E-state index contributed by atoms with van der Waals surface area (Å²) in [5.41, 5.74) is 0. The van der Waals surface area contributed by atoms with Crippen LogP contribution in [0.3, 0.4) is 0 Å². The van der Waals surface area contributed by atoms with Crippen molar-refractivity contribution in [2.75, 3.05) is 0 Å². The van der Waals surface area contributed by atoms with E-state index >= 15 is 0 Å². The molecule has 0 nitrogen and oxygen atoms in total. The lowest BCUT2D eigenvalue weighted by Gasteiger charge is -2.09. The van der Waals surface area contributed by atoms with E-state index in [9.17, 15) is 0 Å². The molecule has 0 saturated heterocycles. The topological polar surface area (TPSA) is 0 Å². The van der Waals surface area contributed by atoms with Crippen molar-refractivity contribution in [3.63, 3.8) is 0 Å². The van der Waals surface area contributed by atoms with Crippen LogP contribution in [0.5, 0.6) is 0 Å². The predicted octanol–water partition coefficient (Wildman–Crippen LogP) is 1.85. The largest absolute Gasteiger partial charge is 0.106 e. The molecule has 78 valence electrons. The molecular formula is C17H10. The highest BCUT2D eigenvalue weighted by molar-refractivity contribution is 5.42. The summed E-state index contributed by atoms with van der Waals surface area (Å²) >= 11 is 0. The second kappa shape index (κ2) is 5.58. The van der Waals surface area contributed by atoms with Crippen LogP contribution in [0.25, 0.3) is 0 Å². The van der Waals surface area contributed by atoms with E-state index in [0.717, 1.165) is 5.92 Å². The first-order chi connectivity index (χ1) is 8.40. The summed E-state index contributed by atoms with van der Waals surface area (Å²) in [6, 6.07) is 0. The number of terminal acetylenes is 1. The molecule has 1 fully saturated rings. The van der Waals surface area contributed by atoms with Crippen molar-refractivity contribution in [1.82, 2.24) is 0 Å². The SMILES string of the molecule is C#CC#CC#CC#CC#CC1CC2C=CC1C2. The van der Waals surface area contributed by atoms with Crippen LogP contribution >= 0.6 is 0 Å². The van der Waals surface area contributed by atoms with Crippen LogP contribution in [-0.2, 0) is 0 Å². The number of fused-ring (bicyclic) bond motifs is 2. The van der Waals surface area contributed by atoms with Crippen molar-refractivity contribution in [2.24, 2.45) is 17.8 Å². The van der Waals surface area contributed by atoms with Gasteiger partial charge in [-0.25, -0.2) is 0 Å². The maximum atomic E-state index is 4.94. The summed E-state index contributed by atoms with van der Waals surface area (Å²) in [6.45, 7) is 0. The predicted molar refractivity (Wildman–Crippen MR) is 68.8 cm³/mol. The minimum atomic E-state index is 0.494. The summed E-state index contributed by atoms with van der Waals surface area (Å²) in [7, 11) is 0. The number of hydrogen-bond acceptors (Lipinski definition) is 0. The molecule has 0 N–H and O–H groups in total. The van der Waals surface area contributed by atoms with Crippen LogP contribution in [0.15, 0.2) is 12.2 Å². The lowest BCUT2D eigenvalue weighted by atomic mass is 9.94. The Balaban J connectivity index is 1.87. The van der Waals surface area contributed by atoms with Gasteiger partial charge >= 0.3 is 0 Å². The highest BCUT2D eigenvalue weighted by Crippen LogP contribution is 2.42. The van der Waals surface area contributed by atoms with Gasteiger partial charge in [-0.05, 0) is 72.0 Å². The highest BCUT2D eigenvalue weighted by atomic mass is 14.4. The second-order valence-corrected chi connectivity index (χ2v) is 4.05. The maximum Gasteiger partial charge on any atom is 0.0281 e. The Morgan fingerprint density at radius 1 is 0.824 bits per heavy atom. The molecular weight excluding hydrogens is 204 g/mol. The van der Waals surface area contributed by atoms with Gasteiger partial charge in [0.1, 0.15) is 0 Å². The van der Waals surface area contributed by atoms with Crippen LogP contribution in [0.4, 0.5) is 0 Å². The van der Waals surface area contributed by atoms with Crippen molar-refractivity contribution in [2.45, 2.75) is 12.8 Å². The molecule has 0 heterocycles. The van der Waals surface area contributed by atoms with Gasteiger partial charge in [0.2, 0.25) is 0 Å². The van der Waals surface area contributed by atoms with E-state index in [1.807, 2.05) is 0 Å². The standard InChI is InChI=1S/C17H10/c1-2-3-4-5-6-7-8-9-10-16-13-15-11-12-17(16)14-15/h1,11-12,15-17H,13-14H2. The molecule has 3 unspecified atom stereocenters. The Morgan fingerprint density at radius 2 is 1.53 bits per heavy atom. The monoisotopic (exact) mass is 214 g/mol. The molecule has 0 amide bonds. The van der Waals surface area contributed by atoms with E-state index in [1.54, 1.807) is 0 Å². The molecule has 17 heavy (non-hydrogen) atoms. The third-order valence-corrected chi connectivity index (χ3v) is 2.98. The lowest BCUT2D eigenvalue weighted by Crippen LogP contribution is -2.03. The summed E-state index contributed by atoms with van der Waals surface area (Å²) in [6.07, 6.45) is 12.0. The molecule has 0 heteroatoms. The van der Waals surface area contributed by atoms with Gasteiger partial charge in [-0.15, -0.1) is 6.42 Å². The van der Waals surface area contributed by atoms with Gasteiger partial charge in [0, 0.05) is 5.92 Å². The minimum Gasteiger partial charge on any atom is -0.106 e. The zero-order valence-electron chi connectivity index (χ0n) is 9.38. The molecule has 0 radical (unpaired) electrons. The molecule has 2 aliphatic rings. The molecule has 0 aliphatic heterocycles. The average molecular weight is 214 g/mol. The fraction of sp³-hybridized carbons (Fsp3) is 0.294. The Kier molecular flexibility index (Phi) is 3.62. The van der Waals surface area contributed by atoms with Crippen LogP contribution in [-0.4, -0.2) is 0 Å². The highest BCUT2D eigenvalue weighted by Gasteiger charge is 2.34. The number of allylic oxidation sites excluding steroid dienone is 2. The van der Waals surface area contributed by atoms with E-state index < -0.39 is 0 Å². The molecule has 2 bridgehead atoms. The van der Waals surface area contributed by atoms with Crippen LogP contribution in [0.2, 0.25) is 0 Å². The normalized spacial score (nSPS) is 25.9. The summed E-state index contributed by atoms with van der Waals surface area (Å²) in [5, 5.41) is 0. The Morgan fingerprint density at radius 3 is 2.12 bits per heavy atom. The molecule has 2 rings (SSSR count). The summed E-state index contributed by atoms with van der Waals surface area (Å²) in [4.78, 5) is 0. The molecule has 1 saturated carbocycles. The van der Waals surface area contributed by atoms with Gasteiger partial charge in [0.25, 0.3) is 0 Å². The first-order valence-corrected chi connectivity index (χ1v) is 5.54. The minimum absolute atomic E-state index is 0.494. The zero-order chi connectivity index (χ0) is 11.9. The molecule has 0 aromatic carbocycles. The zero-order valence-corrected chi connectivity index (χ0v) is 9.38. The first kappa shape index (κ1) is 11.0. The van der Waals surface area contributed by atoms with E-state index in [4.69, 9.17) is 6.42 Å². The third-order valence-electron chi connectivity index (χ3n) is 2.98. The molecule has 0 aromatic rings. The van der Waals surface area contributed by atoms with E-state index in [-0.39, 0.29) is 0 Å². The van der Waals surface area contributed by atoms with Gasteiger partial charge in [0.15, 0.2) is 0 Å². The number of hydrogen-bond donors (Lipinski definition) is 0. The van der Waals surface area contributed by atoms with Crippen molar-refractivity contribution in [1.29, 1.82) is 0 Å². The van der Waals surface area contributed by atoms with E-state index in [2.05, 4.69) is 65.4 Å². The lowest BCUT2D eigenvalue weighted by molar-refractivity contribution is 0.569. The Hall–Kier alpha value is -2.46. The Bertz CT molecular complexity index is 609. The third kappa shape index (κ3) is 2.99. The van der Waals surface area contributed by atoms with Crippen LogP contribution in [0.1, 0.15) is 12.8 Å².